The molecule has 1 saturated heterocycles. The normalized spacial score (nSPS) is 14.8. The number of halogens is 1. The largest absolute Gasteiger partial charge is 0.444 e. The second-order valence-corrected chi connectivity index (χ2v) is 7.79. The van der Waals surface area contributed by atoms with Crippen molar-refractivity contribution in [3.63, 3.8) is 0 Å². The quantitative estimate of drug-likeness (QED) is 0.439. The number of nitrogens with zero attached hydrogens (tertiary/aromatic N) is 1. The SMILES string of the molecule is CC.CC(C)(C)OC(=O)N1CCC(Br)CC1.Sc1ccccc1. The number of piperidine rings is 1. The molecule has 0 aromatic heterocycles. The van der Waals surface area contributed by atoms with Gasteiger partial charge in [0.05, 0.1) is 0 Å². The van der Waals surface area contributed by atoms with Crippen LogP contribution in [0.3, 0.4) is 0 Å². The molecule has 1 fully saturated rings. The standard InChI is InChI=1S/C10H18BrNO2.C6H6S.C2H6/c1-10(2,3)14-9(13)12-6-4-8(11)5-7-12;7-6-4-2-1-3-5-6;1-2/h8H,4-7H2,1-3H3;1-5,7H;1-2H3. The Morgan fingerprint density at radius 2 is 1.65 bits per heavy atom. The average Bonchev–Trinajstić information content (AvgIpc) is 2.49. The van der Waals surface area contributed by atoms with E-state index >= 15 is 0 Å². The molecule has 0 radical (unpaired) electrons. The molecule has 1 heterocycles. The van der Waals surface area contributed by atoms with Crippen molar-refractivity contribution in [2.75, 3.05) is 13.1 Å². The number of carbonyl (C=O) groups is 1. The van der Waals surface area contributed by atoms with Crippen LogP contribution in [0.5, 0.6) is 0 Å². The van der Waals surface area contributed by atoms with E-state index in [1.807, 2.05) is 65.0 Å². The second-order valence-electron chi connectivity index (χ2n) is 5.98. The number of amides is 1. The van der Waals surface area contributed by atoms with Crippen LogP contribution in [0.15, 0.2) is 35.2 Å². The van der Waals surface area contributed by atoms with Gasteiger partial charge in [0, 0.05) is 22.8 Å². The van der Waals surface area contributed by atoms with Crippen LogP contribution >= 0.6 is 28.6 Å². The Bertz CT molecular complexity index is 426. The van der Waals surface area contributed by atoms with Crippen LogP contribution in [-0.4, -0.2) is 34.5 Å². The monoisotopic (exact) mass is 403 g/mol. The van der Waals surface area contributed by atoms with Gasteiger partial charge in [-0.3, -0.25) is 0 Å². The van der Waals surface area contributed by atoms with E-state index in [0.29, 0.717) is 4.83 Å². The van der Waals surface area contributed by atoms with Crippen LogP contribution < -0.4 is 0 Å². The van der Waals surface area contributed by atoms with E-state index in [4.69, 9.17) is 4.74 Å². The lowest BCUT2D eigenvalue weighted by atomic mass is 10.1. The maximum atomic E-state index is 11.6. The minimum Gasteiger partial charge on any atom is -0.444 e. The Labute approximate surface area is 155 Å². The fourth-order valence-electron chi connectivity index (χ4n) is 1.79. The number of ether oxygens (including phenoxy) is 1. The summed E-state index contributed by atoms with van der Waals surface area (Å²) >= 11 is 7.63. The van der Waals surface area contributed by atoms with Crippen LogP contribution in [0.1, 0.15) is 47.5 Å². The number of carbonyl (C=O) groups excluding carboxylic acids is 1. The molecule has 0 aliphatic carbocycles. The lowest BCUT2D eigenvalue weighted by molar-refractivity contribution is 0.0220. The first-order chi connectivity index (χ1) is 10.8. The molecule has 0 saturated carbocycles. The summed E-state index contributed by atoms with van der Waals surface area (Å²) in [5.74, 6) is 0. The molecule has 1 amide bonds. The highest BCUT2D eigenvalue weighted by atomic mass is 79.9. The molecule has 2 rings (SSSR count). The van der Waals surface area contributed by atoms with E-state index in [2.05, 4.69) is 28.6 Å². The average molecular weight is 404 g/mol. The van der Waals surface area contributed by atoms with Crippen LogP contribution in [0.4, 0.5) is 4.79 Å². The molecular weight excluding hydrogens is 374 g/mol. The van der Waals surface area contributed by atoms with Crippen LogP contribution in [0, 0.1) is 0 Å². The van der Waals surface area contributed by atoms with E-state index in [9.17, 15) is 4.79 Å². The zero-order valence-electron chi connectivity index (χ0n) is 14.9. The molecular formula is C18H30BrNO2S. The Kier molecular flexibility index (Phi) is 11.4. The fraction of sp³-hybridized carbons (Fsp3) is 0.611. The third-order valence-corrected chi connectivity index (χ3v) is 4.05. The molecule has 0 N–H and O–H groups in total. The third kappa shape index (κ3) is 11.5. The molecule has 0 bridgehead atoms. The van der Waals surface area contributed by atoms with Gasteiger partial charge in [-0.05, 0) is 45.7 Å². The zero-order valence-corrected chi connectivity index (χ0v) is 17.4. The zero-order chi connectivity index (χ0) is 17.9. The first-order valence-corrected chi connectivity index (χ1v) is 9.50. The lowest BCUT2D eigenvalue weighted by Crippen LogP contribution is -2.41. The van der Waals surface area contributed by atoms with Gasteiger partial charge in [-0.2, -0.15) is 0 Å². The molecule has 0 unspecified atom stereocenters. The van der Waals surface area contributed by atoms with E-state index in [-0.39, 0.29) is 11.7 Å². The number of benzene rings is 1. The second kappa shape index (κ2) is 11.8. The molecule has 1 aliphatic rings. The summed E-state index contributed by atoms with van der Waals surface area (Å²) in [5, 5.41) is 0. The highest BCUT2D eigenvalue weighted by Gasteiger charge is 2.25. The summed E-state index contributed by atoms with van der Waals surface area (Å²) in [5.41, 5.74) is -0.387. The Morgan fingerprint density at radius 3 is 2.00 bits per heavy atom. The predicted molar refractivity (Wildman–Crippen MR) is 105 cm³/mol. The summed E-state index contributed by atoms with van der Waals surface area (Å²) in [6, 6.07) is 9.79. The van der Waals surface area contributed by atoms with E-state index in [1.54, 1.807) is 4.90 Å². The van der Waals surface area contributed by atoms with Crippen molar-refractivity contribution >= 4 is 34.7 Å². The van der Waals surface area contributed by atoms with Gasteiger partial charge in [0.25, 0.3) is 0 Å². The Balaban J connectivity index is 0.000000449. The van der Waals surface area contributed by atoms with E-state index in [1.165, 1.54) is 0 Å². The molecule has 0 atom stereocenters. The van der Waals surface area contributed by atoms with E-state index < -0.39 is 0 Å². The summed E-state index contributed by atoms with van der Waals surface area (Å²) in [6.45, 7) is 11.3. The summed E-state index contributed by atoms with van der Waals surface area (Å²) in [6.07, 6.45) is 1.84. The Morgan fingerprint density at radius 1 is 1.17 bits per heavy atom. The summed E-state index contributed by atoms with van der Waals surface area (Å²) < 4.78 is 5.28. The fourth-order valence-corrected chi connectivity index (χ4v) is 2.37. The minimum atomic E-state index is -0.387. The van der Waals surface area contributed by atoms with Gasteiger partial charge < -0.3 is 9.64 Å². The van der Waals surface area contributed by atoms with Crippen molar-refractivity contribution in [3.05, 3.63) is 30.3 Å². The van der Waals surface area contributed by atoms with Crippen molar-refractivity contribution in [1.29, 1.82) is 0 Å². The summed E-state index contributed by atoms with van der Waals surface area (Å²) in [7, 11) is 0. The van der Waals surface area contributed by atoms with E-state index in [0.717, 1.165) is 30.8 Å². The maximum Gasteiger partial charge on any atom is 0.410 e. The van der Waals surface area contributed by atoms with Gasteiger partial charge >= 0.3 is 6.09 Å². The first kappa shape index (κ1) is 22.3. The highest BCUT2D eigenvalue weighted by molar-refractivity contribution is 9.09. The van der Waals surface area contributed by atoms with Crippen molar-refractivity contribution < 1.29 is 9.53 Å². The Hall–Kier alpha value is -0.680. The number of thiol groups is 1. The molecule has 3 nitrogen and oxygen atoms in total. The van der Waals surface area contributed by atoms with Gasteiger partial charge in [0.1, 0.15) is 5.60 Å². The number of rotatable bonds is 0. The minimum absolute atomic E-state index is 0.183. The van der Waals surface area contributed by atoms with Crippen molar-refractivity contribution in [2.24, 2.45) is 0 Å². The van der Waals surface area contributed by atoms with Gasteiger partial charge in [-0.25, -0.2) is 4.79 Å². The molecule has 23 heavy (non-hydrogen) atoms. The predicted octanol–water partition coefficient (Wildman–Crippen LogP) is 5.78. The van der Waals surface area contributed by atoms with Crippen molar-refractivity contribution in [2.45, 2.75) is 62.8 Å². The molecule has 0 spiro atoms. The number of likely N-dealkylation sites (tertiary alicyclic amines) is 1. The molecule has 1 aromatic rings. The topological polar surface area (TPSA) is 29.5 Å². The molecule has 1 aliphatic heterocycles. The molecule has 132 valence electrons. The van der Waals surface area contributed by atoms with Crippen LogP contribution in [0.25, 0.3) is 0 Å². The number of hydrogen-bond donors (Lipinski definition) is 1. The summed E-state index contributed by atoms with van der Waals surface area (Å²) in [4.78, 5) is 15.0. The lowest BCUT2D eigenvalue weighted by Gasteiger charge is -2.31. The molecule has 1 aromatic carbocycles. The van der Waals surface area contributed by atoms with Crippen molar-refractivity contribution in [3.8, 4) is 0 Å². The van der Waals surface area contributed by atoms with Gasteiger partial charge in [0.2, 0.25) is 0 Å². The van der Waals surface area contributed by atoms with Crippen LogP contribution in [-0.2, 0) is 4.74 Å². The van der Waals surface area contributed by atoms with Crippen molar-refractivity contribution in [1.82, 2.24) is 4.90 Å². The van der Waals surface area contributed by atoms with Crippen LogP contribution in [0.2, 0.25) is 0 Å². The van der Waals surface area contributed by atoms with Gasteiger partial charge in [-0.1, -0.05) is 48.0 Å². The first-order valence-electron chi connectivity index (χ1n) is 8.14. The number of hydrogen-bond acceptors (Lipinski definition) is 3. The van der Waals surface area contributed by atoms with Gasteiger partial charge in [-0.15, -0.1) is 12.6 Å². The van der Waals surface area contributed by atoms with Gasteiger partial charge in [0.15, 0.2) is 0 Å². The number of alkyl halides is 1. The third-order valence-electron chi connectivity index (χ3n) is 2.83. The highest BCUT2D eigenvalue weighted by Crippen LogP contribution is 2.19. The maximum absolute atomic E-state index is 11.6. The smallest absolute Gasteiger partial charge is 0.410 e. The molecule has 5 heteroatoms.